The molecule has 1 fully saturated rings. The molecule has 0 N–H and O–H groups in total. The zero-order chi connectivity index (χ0) is 12.0. The van der Waals surface area contributed by atoms with E-state index in [0.29, 0.717) is 18.0 Å². The lowest BCUT2D eigenvalue weighted by atomic mass is 9.95. The number of hydrogen-bond donors (Lipinski definition) is 0. The topological polar surface area (TPSA) is 3.24 Å². The van der Waals surface area contributed by atoms with Gasteiger partial charge in [-0.15, -0.1) is 0 Å². The lowest BCUT2D eigenvalue weighted by Gasteiger charge is -2.29. The second kappa shape index (κ2) is 3.95. The molecule has 2 unspecified atom stereocenters. The molecule has 0 radical (unpaired) electrons. The van der Waals surface area contributed by atoms with Crippen LogP contribution in [0.2, 0.25) is 0 Å². The van der Waals surface area contributed by atoms with E-state index in [1.165, 1.54) is 18.1 Å². The van der Waals surface area contributed by atoms with E-state index in [2.05, 4.69) is 24.8 Å². The van der Waals surface area contributed by atoms with Crippen molar-refractivity contribution in [2.24, 2.45) is 5.92 Å². The van der Waals surface area contributed by atoms with Gasteiger partial charge in [0, 0.05) is 18.6 Å². The molecule has 1 heterocycles. The highest BCUT2D eigenvalue weighted by Gasteiger charge is 2.39. The Morgan fingerprint density at radius 3 is 2.76 bits per heavy atom. The average Bonchev–Trinajstić information content (AvgIpc) is 2.87. The number of nitrogens with zero attached hydrogens (tertiary/aromatic N) is 1. The van der Waals surface area contributed by atoms with Gasteiger partial charge in [-0.1, -0.05) is 18.2 Å². The first-order chi connectivity index (χ1) is 8.15. The van der Waals surface area contributed by atoms with E-state index in [1.54, 1.807) is 12.1 Å². The van der Waals surface area contributed by atoms with Crippen LogP contribution in [0.4, 0.5) is 4.39 Å². The van der Waals surface area contributed by atoms with Crippen LogP contribution in [0, 0.1) is 11.7 Å². The van der Waals surface area contributed by atoms with Crippen LogP contribution >= 0.6 is 0 Å². The van der Waals surface area contributed by atoms with Crippen LogP contribution in [-0.2, 0) is 0 Å². The monoisotopic (exact) mass is 231 g/mol. The number of halogens is 1. The maximum atomic E-state index is 13.2. The molecule has 17 heavy (non-hydrogen) atoms. The van der Waals surface area contributed by atoms with Gasteiger partial charge in [-0.2, -0.15) is 0 Å². The second-order valence-electron chi connectivity index (χ2n) is 5.42. The van der Waals surface area contributed by atoms with Gasteiger partial charge in [0.25, 0.3) is 0 Å². The first-order valence-corrected chi connectivity index (χ1v) is 6.38. The molecule has 0 saturated carbocycles. The lowest BCUT2D eigenvalue weighted by Crippen LogP contribution is -2.36. The van der Waals surface area contributed by atoms with Crippen LogP contribution in [0.1, 0.15) is 25.8 Å². The van der Waals surface area contributed by atoms with Gasteiger partial charge in [0.1, 0.15) is 5.82 Å². The quantitative estimate of drug-likeness (QED) is 0.754. The van der Waals surface area contributed by atoms with Crippen molar-refractivity contribution < 1.29 is 4.39 Å². The van der Waals surface area contributed by atoms with Gasteiger partial charge in [-0.3, -0.25) is 4.90 Å². The second-order valence-corrected chi connectivity index (χ2v) is 5.42. The van der Waals surface area contributed by atoms with Crippen molar-refractivity contribution in [1.82, 2.24) is 4.90 Å². The molecule has 0 aromatic heterocycles. The minimum Gasteiger partial charge on any atom is -0.294 e. The summed E-state index contributed by atoms with van der Waals surface area (Å²) >= 11 is 0. The van der Waals surface area contributed by atoms with Gasteiger partial charge in [0.15, 0.2) is 0 Å². The van der Waals surface area contributed by atoms with Crippen LogP contribution in [-0.4, -0.2) is 23.5 Å². The molecule has 1 aliphatic heterocycles. The number of rotatable bonds is 2. The molecule has 0 amide bonds. The van der Waals surface area contributed by atoms with Crippen molar-refractivity contribution in [2.45, 2.75) is 32.4 Å². The van der Waals surface area contributed by atoms with Crippen molar-refractivity contribution in [2.75, 3.05) is 6.54 Å². The molecule has 1 aliphatic carbocycles. The number of likely N-dealkylation sites (tertiary alicyclic amines) is 1. The molecule has 1 aromatic rings. The SMILES string of the molecule is CC(C)N1CC2CC1C=C2c1cccc(F)c1. The molecule has 2 atom stereocenters. The summed E-state index contributed by atoms with van der Waals surface area (Å²) in [5.41, 5.74) is 2.42. The minimum absolute atomic E-state index is 0.133. The van der Waals surface area contributed by atoms with E-state index in [-0.39, 0.29) is 5.82 Å². The third-order valence-electron chi connectivity index (χ3n) is 4.02. The minimum atomic E-state index is -0.133. The molecule has 2 bridgehead atoms. The molecule has 2 aliphatic rings. The predicted octanol–water partition coefficient (Wildman–Crippen LogP) is 3.32. The Morgan fingerprint density at radius 2 is 2.18 bits per heavy atom. The predicted molar refractivity (Wildman–Crippen MR) is 68.1 cm³/mol. The van der Waals surface area contributed by atoms with Crippen LogP contribution in [0.3, 0.4) is 0 Å². The van der Waals surface area contributed by atoms with Gasteiger partial charge in [-0.25, -0.2) is 4.39 Å². The summed E-state index contributed by atoms with van der Waals surface area (Å²) in [5, 5.41) is 0. The summed E-state index contributed by atoms with van der Waals surface area (Å²) in [6.07, 6.45) is 3.55. The van der Waals surface area contributed by atoms with Gasteiger partial charge >= 0.3 is 0 Å². The first kappa shape index (κ1) is 11.0. The van der Waals surface area contributed by atoms with Gasteiger partial charge in [0.05, 0.1) is 0 Å². The van der Waals surface area contributed by atoms with Crippen LogP contribution in [0.15, 0.2) is 30.3 Å². The van der Waals surface area contributed by atoms with Crippen molar-refractivity contribution in [3.8, 4) is 0 Å². The Balaban J connectivity index is 1.89. The highest BCUT2D eigenvalue weighted by atomic mass is 19.1. The third kappa shape index (κ3) is 1.81. The van der Waals surface area contributed by atoms with E-state index in [0.717, 1.165) is 12.1 Å². The first-order valence-electron chi connectivity index (χ1n) is 6.38. The van der Waals surface area contributed by atoms with Gasteiger partial charge in [-0.05, 0) is 49.5 Å². The summed E-state index contributed by atoms with van der Waals surface area (Å²) in [5.74, 6) is 0.469. The molecule has 1 saturated heterocycles. The van der Waals surface area contributed by atoms with Crippen LogP contribution in [0.5, 0.6) is 0 Å². The van der Waals surface area contributed by atoms with Crippen molar-refractivity contribution >= 4 is 5.57 Å². The molecule has 1 nitrogen and oxygen atoms in total. The molecular formula is C15H18FN. The molecule has 2 heteroatoms. The summed E-state index contributed by atoms with van der Waals surface area (Å²) in [6.45, 7) is 5.62. The fourth-order valence-electron chi connectivity index (χ4n) is 3.22. The summed E-state index contributed by atoms with van der Waals surface area (Å²) < 4.78 is 13.2. The van der Waals surface area contributed by atoms with Crippen molar-refractivity contribution in [3.05, 3.63) is 41.7 Å². The van der Waals surface area contributed by atoms with E-state index in [9.17, 15) is 4.39 Å². The maximum Gasteiger partial charge on any atom is 0.123 e. The summed E-state index contributed by atoms with van der Waals surface area (Å²) in [4.78, 5) is 2.54. The van der Waals surface area contributed by atoms with Gasteiger partial charge in [0.2, 0.25) is 0 Å². The number of hydrogen-bond acceptors (Lipinski definition) is 1. The largest absolute Gasteiger partial charge is 0.294 e. The number of fused-ring (bicyclic) bond motifs is 2. The maximum absolute atomic E-state index is 13.2. The van der Waals surface area contributed by atoms with Crippen LogP contribution < -0.4 is 0 Å². The van der Waals surface area contributed by atoms with E-state index >= 15 is 0 Å². The summed E-state index contributed by atoms with van der Waals surface area (Å²) in [7, 11) is 0. The van der Waals surface area contributed by atoms with E-state index in [1.807, 2.05) is 6.07 Å². The third-order valence-corrected chi connectivity index (χ3v) is 4.02. The fourth-order valence-corrected chi connectivity index (χ4v) is 3.22. The zero-order valence-corrected chi connectivity index (χ0v) is 10.4. The Kier molecular flexibility index (Phi) is 2.55. The molecule has 0 spiro atoms. The Morgan fingerprint density at radius 1 is 1.35 bits per heavy atom. The fraction of sp³-hybridized carbons (Fsp3) is 0.467. The highest BCUT2D eigenvalue weighted by Crippen LogP contribution is 2.42. The zero-order valence-electron chi connectivity index (χ0n) is 10.4. The lowest BCUT2D eigenvalue weighted by molar-refractivity contribution is 0.227. The molecule has 1 aromatic carbocycles. The Labute approximate surface area is 102 Å². The average molecular weight is 231 g/mol. The van der Waals surface area contributed by atoms with Crippen molar-refractivity contribution in [1.29, 1.82) is 0 Å². The molecular weight excluding hydrogens is 213 g/mol. The number of benzene rings is 1. The molecule has 90 valence electrons. The Bertz CT molecular complexity index is 464. The van der Waals surface area contributed by atoms with Crippen molar-refractivity contribution in [3.63, 3.8) is 0 Å². The van der Waals surface area contributed by atoms with E-state index < -0.39 is 0 Å². The van der Waals surface area contributed by atoms with E-state index in [4.69, 9.17) is 0 Å². The van der Waals surface area contributed by atoms with Crippen LogP contribution in [0.25, 0.3) is 5.57 Å². The van der Waals surface area contributed by atoms with Gasteiger partial charge < -0.3 is 0 Å². The normalized spacial score (nSPS) is 27.9. The standard InChI is InChI=1S/C15H18FN/c1-10(2)17-9-12-7-14(17)8-15(12)11-4-3-5-13(16)6-11/h3-6,8,10,12,14H,7,9H2,1-2H3. The highest BCUT2D eigenvalue weighted by molar-refractivity contribution is 5.71. The summed E-state index contributed by atoms with van der Waals surface area (Å²) in [6, 6.07) is 8.17. The Hall–Kier alpha value is -1.15. The molecule has 3 rings (SSSR count). The smallest absolute Gasteiger partial charge is 0.123 e.